The third-order valence-corrected chi connectivity index (χ3v) is 4.74. The summed E-state index contributed by atoms with van der Waals surface area (Å²) in [4.78, 5) is 16.5. The van der Waals surface area contributed by atoms with E-state index >= 15 is 0 Å². The van der Waals surface area contributed by atoms with E-state index in [0.29, 0.717) is 18.3 Å². The predicted octanol–water partition coefficient (Wildman–Crippen LogP) is 2.22. The van der Waals surface area contributed by atoms with Crippen molar-refractivity contribution >= 4 is 24.3 Å². The number of carbonyl (C=O) groups excluding carboxylic acids is 1. The molecule has 1 aromatic rings. The second kappa shape index (κ2) is 7.92. The van der Waals surface area contributed by atoms with Crippen molar-refractivity contribution in [1.29, 1.82) is 0 Å². The Balaban J connectivity index is 0.00000176. The maximum absolute atomic E-state index is 12.0. The molecule has 2 heterocycles. The van der Waals surface area contributed by atoms with Crippen molar-refractivity contribution in [3.05, 3.63) is 5.82 Å². The van der Waals surface area contributed by atoms with E-state index in [1.807, 2.05) is 7.05 Å². The lowest BCUT2D eigenvalue weighted by molar-refractivity contribution is -0.116. The summed E-state index contributed by atoms with van der Waals surface area (Å²) in [6.07, 6.45) is 7.65. The van der Waals surface area contributed by atoms with Crippen LogP contribution in [-0.2, 0) is 11.8 Å². The van der Waals surface area contributed by atoms with Gasteiger partial charge in [-0.2, -0.15) is 10.1 Å². The van der Waals surface area contributed by atoms with Gasteiger partial charge in [0.25, 0.3) is 0 Å². The molecule has 1 saturated heterocycles. The number of amides is 1. The number of hydrogen-bond donors (Lipinski definition) is 2. The van der Waals surface area contributed by atoms with Gasteiger partial charge in [-0.05, 0) is 38.3 Å². The highest BCUT2D eigenvalue weighted by molar-refractivity contribution is 5.88. The predicted molar refractivity (Wildman–Crippen MR) is 88.3 cm³/mol. The maximum atomic E-state index is 12.0. The van der Waals surface area contributed by atoms with Crippen LogP contribution in [0.4, 0.5) is 5.95 Å². The first-order valence-corrected chi connectivity index (χ1v) is 8.14. The molecule has 0 bridgehead atoms. The summed E-state index contributed by atoms with van der Waals surface area (Å²) in [5, 5.41) is 10.7. The fourth-order valence-electron chi connectivity index (χ4n) is 3.07. The summed E-state index contributed by atoms with van der Waals surface area (Å²) in [6.45, 7) is 2.04. The number of carbonyl (C=O) groups is 1. The normalized spacial score (nSPS) is 19.3. The molecule has 3 rings (SSSR count). The van der Waals surface area contributed by atoms with E-state index < -0.39 is 0 Å². The van der Waals surface area contributed by atoms with Gasteiger partial charge < -0.3 is 5.32 Å². The minimum Gasteiger partial charge on any atom is -0.317 e. The van der Waals surface area contributed by atoms with Crippen LogP contribution in [0.3, 0.4) is 0 Å². The lowest BCUT2D eigenvalue weighted by Gasteiger charge is -2.24. The van der Waals surface area contributed by atoms with E-state index in [0.717, 1.165) is 44.1 Å². The molecule has 2 N–H and O–H groups in total. The minimum atomic E-state index is 0. The quantitative estimate of drug-likeness (QED) is 0.870. The smallest absolute Gasteiger partial charge is 0.227 e. The minimum absolute atomic E-state index is 0. The number of anilines is 1. The van der Waals surface area contributed by atoms with Gasteiger partial charge in [-0.3, -0.25) is 10.1 Å². The summed E-state index contributed by atoms with van der Waals surface area (Å²) < 4.78 is 1.69. The van der Waals surface area contributed by atoms with E-state index in [2.05, 4.69) is 20.7 Å². The molecule has 2 aliphatic rings. The van der Waals surface area contributed by atoms with E-state index in [4.69, 9.17) is 0 Å². The summed E-state index contributed by atoms with van der Waals surface area (Å²) in [6, 6.07) is 0. The van der Waals surface area contributed by atoms with Crippen molar-refractivity contribution < 1.29 is 4.79 Å². The van der Waals surface area contributed by atoms with Gasteiger partial charge in [0, 0.05) is 19.4 Å². The van der Waals surface area contributed by atoms with E-state index in [1.54, 1.807) is 4.68 Å². The second-order valence-corrected chi connectivity index (χ2v) is 6.33. The van der Waals surface area contributed by atoms with Crippen LogP contribution in [-0.4, -0.2) is 33.8 Å². The van der Waals surface area contributed by atoms with Crippen molar-refractivity contribution in [2.45, 2.75) is 50.9 Å². The topological polar surface area (TPSA) is 71.8 Å². The molecule has 1 aliphatic heterocycles. The van der Waals surface area contributed by atoms with Gasteiger partial charge in [0.05, 0.1) is 0 Å². The summed E-state index contributed by atoms with van der Waals surface area (Å²) in [7, 11) is 1.85. The van der Waals surface area contributed by atoms with Crippen LogP contribution in [0.5, 0.6) is 0 Å². The van der Waals surface area contributed by atoms with Crippen molar-refractivity contribution in [2.24, 2.45) is 13.0 Å². The summed E-state index contributed by atoms with van der Waals surface area (Å²) >= 11 is 0. The average Bonchev–Trinajstić information content (AvgIpc) is 2.79. The molecular formula is C15H26ClN5O. The van der Waals surface area contributed by atoms with E-state index in [9.17, 15) is 4.79 Å². The van der Waals surface area contributed by atoms with Crippen LogP contribution in [0.15, 0.2) is 0 Å². The van der Waals surface area contributed by atoms with Crippen molar-refractivity contribution in [3.8, 4) is 0 Å². The Labute approximate surface area is 137 Å². The van der Waals surface area contributed by atoms with Crippen LogP contribution in [0, 0.1) is 5.92 Å². The Morgan fingerprint density at radius 3 is 2.68 bits per heavy atom. The largest absolute Gasteiger partial charge is 0.317 e. The first-order valence-electron chi connectivity index (χ1n) is 8.14. The van der Waals surface area contributed by atoms with Crippen LogP contribution in [0.25, 0.3) is 0 Å². The Bertz CT molecular complexity index is 494. The molecule has 7 heteroatoms. The number of piperidine rings is 1. The molecule has 124 valence electrons. The van der Waals surface area contributed by atoms with E-state index in [1.165, 1.54) is 19.3 Å². The van der Waals surface area contributed by atoms with Gasteiger partial charge in [-0.25, -0.2) is 4.68 Å². The number of halogens is 1. The Kier molecular flexibility index (Phi) is 6.20. The van der Waals surface area contributed by atoms with Crippen molar-refractivity contribution in [3.63, 3.8) is 0 Å². The molecule has 0 radical (unpaired) electrons. The molecular weight excluding hydrogens is 302 g/mol. The fourth-order valence-corrected chi connectivity index (χ4v) is 3.07. The molecule has 22 heavy (non-hydrogen) atoms. The monoisotopic (exact) mass is 327 g/mol. The molecule has 1 aliphatic carbocycles. The number of nitrogens with zero attached hydrogens (tertiary/aromatic N) is 3. The number of nitrogens with one attached hydrogen (secondary N) is 2. The van der Waals surface area contributed by atoms with Crippen LogP contribution < -0.4 is 10.6 Å². The van der Waals surface area contributed by atoms with Gasteiger partial charge in [-0.1, -0.05) is 19.3 Å². The van der Waals surface area contributed by atoms with Gasteiger partial charge in [0.2, 0.25) is 11.9 Å². The molecule has 1 saturated carbocycles. The van der Waals surface area contributed by atoms with Gasteiger partial charge in [0.15, 0.2) is 5.82 Å². The highest BCUT2D eigenvalue weighted by atomic mass is 35.5. The van der Waals surface area contributed by atoms with Crippen molar-refractivity contribution in [2.75, 3.05) is 18.4 Å². The first kappa shape index (κ1) is 17.2. The lowest BCUT2D eigenvalue weighted by atomic mass is 9.82. The highest BCUT2D eigenvalue weighted by Crippen LogP contribution is 2.30. The Hall–Kier alpha value is -1.14. The Morgan fingerprint density at radius 2 is 2.05 bits per heavy atom. The molecule has 6 nitrogen and oxygen atoms in total. The molecule has 0 aromatic carbocycles. The number of aromatic nitrogens is 3. The zero-order valence-corrected chi connectivity index (χ0v) is 14.0. The van der Waals surface area contributed by atoms with Crippen LogP contribution in [0.2, 0.25) is 0 Å². The molecule has 1 amide bonds. The standard InChI is InChI=1S/C15H25N5O.ClH/c1-20-15(17-13(21)6-5-11-3-2-4-11)18-14(19-20)12-7-9-16-10-8-12;/h11-12,16H,2-10H2,1H3,(H,17,18,19,21);1H. The molecule has 0 unspecified atom stereocenters. The van der Waals surface area contributed by atoms with E-state index in [-0.39, 0.29) is 18.3 Å². The van der Waals surface area contributed by atoms with Gasteiger partial charge in [-0.15, -0.1) is 12.4 Å². The number of rotatable bonds is 5. The highest BCUT2D eigenvalue weighted by Gasteiger charge is 2.22. The maximum Gasteiger partial charge on any atom is 0.227 e. The second-order valence-electron chi connectivity index (χ2n) is 6.33. The third kappa shape index (κ3) is 4.20. The van der Waals surface area contributed by atoms with Crippen molar-refractivity contribution in [1.82, 2.24) is 20.1 Å². The Morgan fingerprint density at radius 1 is 1.32 bits per heavy atom. The molecule has 0 atom stereocenters. The third-order valence-electron chi connectivity index (χ3n) is 4.74. The van der Waals surface area contributed by atoms with Gasteiger partial charge in [0.1, 0.15) is 0 Å². The van der Waals surface area contributed by atoms with Gasteiger partial charge >= 0.3 is 0 Å². The van der Waals surface area contributed by atoms with Crippen LogP contribution >= 0.6 is 12.4 Å². The summed E-state index contributed by atoms with van der Waals surface area (Å²) in [5.41, 5.74) is 0. The molecule has 2 fully saturated rings. The zero-order chi connectivity index (χ0) is 14.7. The lowest BCUT2D eigenvalue weighted by Crippen LogP contribution is -2.27. The first-order chi connectivity index (χ1) is 10.2. The SMILES string of the molecule is Cl.Cn1nc(C2CCNCC2)nc1NC(=O)CCC1CCC1. The summed E-state index contributed by atoms with van der Waals surface area (Å²) in [5.74, 6) is 2.70. The zero-order valence-electron chi connectivity index (χ0n) is 13.2. The average molecular weight is 328 g/mol. The molecule has 1 aromatic heterocycles. The fraction of sp³-hybridized carbons (Fsp3) is 0.800. The van der Waals surface area contributed by atoms with Crippen LogP contribution in [0.1, 0.15) is 56.7 Å². The number of hydrogen-bond acceptors (Lipinski definition) is 4. The molecule has 0 spiro atoms. The number of aryl methyl sites for hydroxylation is 1.